The highest BCUT2D eigenvalue weighted by atomic mass is 19.4. The summed E-state index contributed by atoms with van der Waals surface area (Å²) in [5.74, 6) is -3.16. The molecule has 41 heavy (non-hydrogen) atoms. The molecule has 3 amide bonds. The quantitative estimate of drug-likeness (QED) is 0.149. The topological polar surface area (TPSA) is 209 Å². The Morgan fingerprint density at radius 3 is 2.22 bits per heavy atom. The number of ether oxygens (including phenoxy) is 1. The van der Waals surface area contributed by atoms with Gasteiger partial charge in [-0.25, -0.2) is 0 Å². The highest BCUT2D eigenvalue weighted by Gasteiger charge is 2.35. The number of carbonyl (C=O) groups is 3. The molecule has 0 heterocycles. The van der Waals surface area contributed by atoms with E-state index in [2.05, 4.69) is 15.4 Å². The van der Waals surface area contributed by atoms with E-state index in [0.717, 1.165) is 11.6 Å². The molecule has 16 heteroatoms. The third-order valence-electron chi connectivity index (χ3n) is 5.73. The Morgan fingerprint density at radius 1 is 1.02 bits per heavy atom. The molecule has 2 rings (SSSR count). The van der Waals surface area contributed by atoms with Crippen molar-refractivity contribution >= 4 is 29.1 Å². The lowest BCUT2D eigenvalue weighted by atomic mass is 10.0. The maximum atomic E-state index is 13.1. The third kappa shape index (κ3) is 11.0. The molecule has 0 aliphatic rings. The first-order valence-corrected chi connectivity index (χ1v) is 12.5. The van der Waals surface area contributed by atoms with Crippen LogP contribution in [0.1, 0.15) is 18.4 Å². The standard InChI is InChI=1S/C25H32F3N7O6/c26-25(27,28)41-21-9-7-17(14-20(21)35(39)40)32-24(38)19(8-6-16-4-2-1-3-5-16)33-23(37)18(31)15-22(36)34(12-10-29)13-11-30/h1-5,7,9,14,18-19H,6,8,10-13,15,29-31H2,(H,32,38)(H,33,37)/t18-,19-/m0/s1. The fourth-order valence-corrected chi connectivity index (χ4v) is 3.76. The molecule has 0 spiro atoms. The van der Waals surface area contributed by atoms with Crippen LogP contribution in [0.3, 0.4) is 0 Å². The highest BCUT2D eigenvalue weighted by molar-refractivity contribution is 5.98. The smallest absolute Gasteiger partial charge is 0.398 e. The first-order chi connectivity index (χ1) is 19.3. The molecule has 2 aromatic rings. The van der Waals surface area contributed by atoms with E-state index < -0.39 is 52.5 Å². The number of nitro groups is 1. The van der Waals surface area contributed by atoms with Crippen LogP contribution in [0.5, 0.6) is 5.75 Å². The predicted octanol–water partition coefficient (Wildman–Crippen LogP) is 1.01. The van der Waals surface area contributed by atoms with Gasteiger partial charge in [0.15, 0.2) is 0 Å². The molecule has 13 nitrogen and oxygen atoms in total. The number of anilines is 1. The van der Waals surface area contributed by atoms with E-state index in [0.29, 0.717) is 18.6 Å². The summed E-state index contributed by atoms with van der Waals surface area (Å²) >= 11 is 0. The van der Waals surface area contributed by atoms with Gasteiger partial charge in [0.05, 0.1) is 17.4 Å². The lowest BCUT2D eigenvalue weighted by Crippen LogP contribution is -2.52. The first-order valence-electron chi connectivity index (χ1n) is 12.5. The number of benzene rings is 2. The predicted molar refractivity (Wildman–Crippen MR) is 142 cm³/mol. The molecule has 224 valence electrons. The van der Waals surface area contributed by atoms with Crippen LogP contribution >= 0.6 is 0 Å². The van der Waals surface area contributed by atoms with E-state index >= 15 is 0 Å². The Hall–Kier alpha value is -4.28. The normalized spacial score (nSPS) is 12.6. The number of rotatable bonds is 15. The van der Waals surface area contributed by atoms with Crippen LogP contribution in [0.15, 0.2) is 48.5 Å². The summed E-state index contributed by atoms with van der Waals surface area (Å²) in [6.07, 6.45) is -5.17. The number of nitrogens with zero attached hydrogens (tertiary/aromatic N) is 2. The number of nitrogens with two attached hydrogens (primary N) is 3. The molecule has 0 unspecified atom stereocenters. The summed E-state index contributed by atoms with van der Waals surface area (Å²) in [5, 5.41) is 16.2. The molecule has 0 aliphatic carbocycles. The first kappa shape index (κ1) is 32.9. The monoisotopic (exact) mass is 583 g/mol. The minimum absolute atomic E-state index is 0.0616. The summed E-state index contributed by atoms with van der Waals surface area (Å²) in [6, 6.07) is 8.77. The number of nitro benzene ring substituents is 1. The minimum atomic E-state index is -5.17. The van der Waals surface area contributed by atoms with Gasteiger partial charge in [-0.15, -0.1) is 13.2 Å². The van der Waals surface area contributed by atoms with E-state index in [1.807, 2.05) is 0 Å². The van der Waals surface area contributed by atoms with Crippen molar-refractivity contribution in [3.8, 4) is 5.75 Å². The number of halogens is 3. The van der Waals surface area contributed by atoms with Gasteiger partial charge in [-0.3, -0.25) is 24.5 Å². The summed E-state index contributed by atoms with van der Waals surface area (Å²) in [4.78, 5) is 50.1. The van der Waals surface area contributed by atoms with Crippen LogP contribution in [-0.4, -0.2) is 72.2 Å². The molecule has 0 saturated heterocycles. The third-order valence-corrected chi connectivity index (χ3v) is 5.73. The molecule has 0 radical (unpaired) electrons. The van der Waals surface area contributed by atoms with Gasteiger partial charge in [0, 0.05) is 37.9 Å². The maximum absolute atomic E-state index is 13.1. The summed E-state index contributed by atoms with van der Waals surface area (Å²) < 4.78 is 41.5. The maximum Gasteiger partial charge on any atom is 0.573 e. The average Bonchev–Trinajstić information content (AvgIpc) is 2.91. The molecule has 0 aromatic heterocycles. The van der Waals surface area contributed by atoms with Gasteiger partial charge in [0.2, 0.25) is 23.5 Å². The lowest BCUT2D eigenvalue weighted by molar-refractivity contribution is -0.388. The number of amides is 3. The number of nitrogens with one attached hydrogen (secondary N) is 2. The lowest BCUT2D eigenvalue weighted by Gasteiger charge is -2.24. The molecule has 0 saturated carbocycles. The molecule has 0 fully saturated rings. The Labute approximate surface area is 233 Å². The van der Waals surface area contributed by atoms with Crippen molar-refractivity contribution in [1.82, 2.24) is 10.2 Å². The molecular weight excluding hydrogens is 551 g/mol. The Balaban J connectivity index is 2.21. The zero-order chi connectivity index (χ0) is 30.6. The van der Waals surface area contributed by atoms with Crippen LogP contribution in [0.25, 0.3) is 0 Å². The van der Waals surface area contributed by atoms with Crippen LogP contribution < -0.4 is 32.6 Å². The summed E-state index contributed by atoms with van der Waals surface area (Å²) in [5.41, 5.74) is 16.5. The van der Waals surface area contributed by atoms with Gasteiger partial charge >= 0.3 is 12.0 Å². The van der Waals surface area contributed by atoms with Gasteiger partial charge in [-0.05, 0) is 30.5 Å². The second-order valence-corrected chi connectivity index (χ2v) is 8.83. The van der Waals surface area contributed by atoms with Crippen LogP contribution in [-0.2, 0) is 20.8 Å². The fourth-order valence-electron chi connectivity index (χ4n) is 3.76. The molecule has 0 bridgehead atoms. The number of alkyl halides is 3. The van der Waals surface area contributed by atoms with Crippen molar-refractivity contribution in [2.75, 3.05) is 31.5 Å². The average molecular weight is 584 g/mol. The molecule has 0 aliphatic heterocycles. The van der Waals surface area contributed by atoms with Gasteiger partial charge in [0.25, 0.3) is 0 Å². The van der Waals surface area contributed by atoms with Crippen molar-refractivity contribution < 1.29 is 37.2 Å². The van der Waals surface area contributed by atoms with E-state index in [9.17, 15) is 37.7 Å². The minimum Gasteiger partial charge on any atom is -0.398 e. The van der Waals surface area contributed by atoms with E-state index in [1.165, 1.54) is 4.90 Å². The van der Waals surface area contributed by atoms with Gasteiger partial charge < -0.3 is 37.5 Å². The van der Waals surface area contributed by atoms with Crippen LogP contribution in [0.2, 0.25) is 0 Å². The van der Waals surface area contributed by atoms with Gasteiger partial charge in [-0.1, -0.05) is 30.3 Å². The fraction of sp³-hybridized carbons (Fsp3) is 0.400. The Bertz CT molecular complexity index is 1190. The van der Waals surface area contributed by atoms with Crippen molar-refractivity contribution in [3.05, 3.63) is 64.2 Å². The van der Waals surface area contributed by atoms with E-state index in [1.54, 1.807) is 30.3 Å². The van der Waals surface area contributed by atoms with E-state index in [-0.39, 0.29) is 44.7 Å². The van der Waals surface area contributed by atoms with Crippen molar-refractivity contribution in [2.24, 2.45) is 17.2 Å². The molecule has 2 aromatic carbocycles. The van der Waals surface area contributed by atoms with Gasteiger partial charge in [-0.2, -0.15) is 0 Å². The van der Waals surface area contributed by atoms with Crippen LogP contribution in [0, 0.1) is 10.1 Å². The second-order valence-electron chi connectivity index (χ2n) is 8.83. The number of hydrogen-bond donors (Lipinski definition) is 5. The van der Waals surface area contributed by atoms with Gasteiger partial charge in [0.1, 0.15) is 6.04 Å². The molecule has 8 N–H and O–H groups in total. The molecular formula is C25H32F3N7O6. The summed E-state index contributed by atoms with van der Waals surface area (Å²) in [6.45, 7) is 0.781. The zero-order valence-electron chi connectivity index (χ0n) is 21.9. The van der Waals surface area contributed by atoms with E-state index in [4.69, 9.17) is 17.2 Å². The Kier molecular flexibility index (Phi) is 12.4. The highest BCUT2D eigenvalue weighted by Crippen LogP contribution is 2.34. The van der Waals surface area contributed by atoms with Crippen LogP contribution in [0.4, 0.5) is 24.5 Å². The number of aryl methyl sites for hydroxylation is 1. The van der Waals surface area contributed by atoms with Crippen molar-refractivity contribution in [2.45, 2.75) is 37.7 Å². The van der Waals surface area contributed by atoms with Crippen molar-refractivity contribution in [3.63, 3.8) is 0 Å². The SMILES string of the molecule is NCCN(CCN)C(=O)C[C@H](N)C(=O)N[C@@H](CCc1ccccc1)C(=O)Nc1ccc(OC(F)(F)F)c([N+](=O)[O-])c1. The summed E-state index contributed by atoms with van der Waals surface area (Å²) in [7, 11) is 0. The number of carbonyl (C=O) groups excluding carboxylic acids is 3. The molecule has 2 atom stereocenters. The second kappa shape index (κ2) is 15.5. The zero-order valence-corrected chi connectivity index (χ0v) is 21.9. The Morgan fingerprint density at radius 2 is 1.66 bits per heavy atom. The number of hydrogen-bond acceptors (Lipinski definition) is 9. The van der Waals surface area contributed by atoms with Crippen molar-refractivity contribution in [1.29, 1.82) is 0 Å². The largest absolute Gasteiger partial charge is 0.573 e.